The summed E-state index contributed by atoms with van der Waals surface area (Å²) >= 11 is 6.00. The average molecular weight is 293 g/mol. The summed E-state index contributed by atoms with van der Waals surface area (Å²) in [7, 11) is 0. The molecule has 2 rings (SSSR count). The van der Waals surface area contributed by atoms with Crippen LogP contribution in [0.25, 0.3) is 0 Å². The molecular weight excluding hydrogens is 280 g/mol. The normalized spacial score (nSPS) is 10.3. The van der Waals surface area contributed by atoms with Crippen molar-refractivity contribution in [1.29, 1.82) is 0 Å². The van der Waals surface area contributed by atoms with Gasteiger partial charge < -0.3 is 10.5 Å². The third kappa shape index (κ3) is 3.07. The van der Waals surface area contributed by atoms with Crippen molar-refractivity contribution in [2.75, 3.05) is 0 Å². The van der Waals surface area contributed by atoms with Crippen molar-refractivity contribution in [2.24, 2.45) is 5.73 Å². The molecule has 0 atom stereocenters. The summed E-state index contributed by atoms with van der Waals surface area (Å²) < 4.78 is 5.66. The Labute approximate surface area is 121 Å². The van der Waals surface area contributed by atoms with Gasteiger partial charge >= 0.3 is 0 Å². The van der Waals surface area contributed by atoms with Crippen LogP contribution in [0.5, 0.6) is 11.5 Å². The van der Waals surface area contributed by atoms with Crippen molar-refractivity contribution in [3.05, 3.63) is 62.7 Å². The topological polar surface area (TPSA) is 78.4 Å². The number of halogens is 1. The van der Waals surface area contributed by atoms with E-state index in [9.17, 15) is 10.1 Å². The van der Waals surface area contributed by atoms with Gasteiger partial charge in [-0.1, -0.05) is 29.3 Å². The molecular formula is C14H13ClN2O3. The lowest BCUT2D eigenvalue weighted by atomic mass is 10.1. The lowest BCUT2D eigenvalue weighted by Crippen LogP contribution is -2.00. The molecule has 0 heterocycles. The molecule has 0 aliphatic rings. The number of nitrogens with zero attached hydrogens (tertiary/aromatic N) is 1. The Morgan fingerprint density at radius 3 is 2.65 bits per heavy atom. The summed E-state index contributed by atoms with van der Waals surface area (Å²) in [6.07, 6.45) is 0. The van der Waals surface area contributed by atoms with Gasteiger partial charge in [0.15, 0.2) is 5.75 Å². The molecule has 5 nitrogen and oxygen atoms in total. The van der Waals surface area contributed by atoms with E-state index in [1.54, 1.807) is 6.07 Å². The Bertz CT molecular complexity index is 659. The van der Waals surface area contributed by atoms with Crippen LogP contribution in [0.4, 0.5) is 5.69 Å². The summed E-state index contributed by atoms with van der Waals surface area (Å²) in [6, 6.07) is 9.61. The van der Waals surface area contributed by atoms with E-state index in [-0.39, 0.29) is 11.4 Å². The molecule has 0 bridgehead atoms. The van der Waals surface area contributed by atoms with Gasteiger partial charge in [0, 0.05) is 18.2 Å². The number of benzene rings is 2. The zero-order valence-corrected chi connectivity index (χ0v) is 11.6. The number of hydrogen-bond donors (Lipinski definition) is 1. The lowest BCUT2D eigenvalue weighted by molar-refractivity contribution is -0.384. The zero-order valence-electron chi connectivity index (χ0n) is 10.8. The molecule has 0 fully saturated rings. The minimum absolute atomic E-state index is 0.0780. The highest BCUT2D eigenvalue weighted by atomic mass is 35.5. The van der Waals surface area contributed by atoms with Gasteiger partial charge in [0.2, 0.25) is 0 Å². The zero-order chi connectivity index (χ0) is 14.7. The summed E-state index contributed by atoms with van der Waals surface area (Å²) in [5.41, 5.74) is 7.46. The maximum atomic E-state index is 10.8. The van der Waals surface area contributed by atoms with Gasteiger partial charge in [-0.25, -0.2) is 0 Å². The molecule has 0 unspecified atom stereocenters. The van der Waals surface area contributed by atoms with Crippen LogP contribution in [0.3, 0.4) is 0 Å². The highest BCUT2D eigenvalue weighted by Gasteiger charge is 2.13. The SMILES string of the molecule is Cc1ccc(Oc2cc([N+](=O)[O-])ccc2Cl)c(CN)c1. The van der Waals surface area contributed by atoms with E-state index in [2.05, 4.69) is 0 Å². The molecule has 2 aromatic carbocycles. The lowest BCUT2D eigenvalue weighted by Gasteiger charge is -2.11. The third-order valence-corrected chi connectivity index (χ3v) is 3.09. The number of hydrogen-bond acceptors (Lipinski definition) is 4. The number of ether oxygens (including phenoxy) is 1. The van der Waals surface area contributed by atoms with Crippen LogP contribution in [-0.4, -0.2) is 4.92 Å². The Balaban J connectivity index is 2.39. The van der Waals surface area contributed by atoms with Crippen molar-refractivity contribution in [2.45, 2.75) is 13.5 Å². The van der Waals surface area contributed by atoms with Crippen LogP contribution < -0.4 is 10.5 Å². The number of nitro benzene ring substituents is 1. The van der Waals surface area contributed by atoms with Crippen molar-refractivity contribution in [3.63, 3.8) is 0 Å². The maximum absolute atomic E-state index is 10.8. The van der Waals surface area contributed by atoms with Crippen molar-refractivity contribution >= 4 is 17.3 Å². The molecule has 0 saturated heterocycles. The fourth-order valence-electron chi connectivity index (χ4n) is 1.77. The maximum Gasteiger partial charge on any atom is 0.273 e. The van der Waals surface area contributed by atoms with E-state index in [4.69, 9.17) is 22.1 Å². The molecule has 0 radical (unpaired) electrons. The van der Waals surface area contributed by atoms with E-state index in [0.717, 1.165) is 11.1 Å². The standard InChI is InChI=1S/C14H13ClN2O3/c1-9-2-5-13(10(6-9)8-16)20-14-7-11(17(18)19)3-4-12(14)15/h2-7H,8,16H2,1H3. The van der Waals surface area contributed by atoms with Crippen LogP contribution in [0.2, 0.25) is 5.02 Å². The van der Waals surface area contributed by atoms with Gasteiger partial charge in [-0.2, -0.15) is 0 Å². The van der Waals surface area contributed by atoms with E-state index in [1.807, 2.05) is 19.1 Å². The Morgan fingerprint density at radius 2 is 2.00 bits per heavy atom. The minimum atomic E-state index is -0.498. The highest BCUT2D eigenvalue weighted by Crippen LogP contribution is 2.34. The van der Waals surface area contributed by atoms with Gasteiger partial charge in [0.25, 0.3) is 5.69 Å². The number of nitro groups is 1. The van der Waals surface area contributed by atoms with Gasteiger partial charge in [-0.15, -0.1) is 0 Å². The number of non-ortho nitro benzene ring substituents is 1. The van der Waals surface area contributed by atoms with Gasteiger partial charge in [-0.3, -0.25) is 10.1 Å². The monoisotopic (exact) mass is 292 g/mol. The second kappa shape index (κ2) is 5.90. The quantitative estimate of drug-likeness (QED) is 0.686. The summed E-state index contributed by atoms with van der Waals surface area (Å²) in [4.78, 5) is 10.3. The number of rotatable bonds is 4. The second-order valence-corrected chi connectivity index (χ2v) is 4.70. The van der Waals surface area contributed by atoms with Crippen LogP contribution in [0.1, 0.15) is 11.1 Å². The molecule has 20 heavy (non-hydrogen) atoms. The third-order valence-electron chi connectivity index (χ3n) is 2.78. The Hall–Kier alpha value is -2.11. The van der Waals surface area contributed by atoms with Crippen LogP contribution in [0.15, 0.2) is 36.4 Å². The van der Waals surface area contributed by atoms with Crippen LogP contribution >= 0.6 is 11.6 Å². The number of aryl methyl sites for hydroxylation is 1. The van der Waals surface area contributed by atoms with Crippen LogP contribution in [0, 0.1) is 17.0 Å². The molecule has 0 aromatic heterocycles. The van der Waals surface area contributed by atoms with Gasteiger partial charge in [-0.05, 0) is 19.1 Å². The van der Waals surface area contributed by atoms with Gasteiger partial charge in [0.1, 0.15) is 5.75 Å². The summed E-state index contributed by atoms with van der Waals surface area (Å²) in [5, 5.41) is 11.1. The predicted octanol–water partition coefficient (Wildman–Crippen LogP) is 3.81. The van der Waals surface area contributed by atoms with E-state index < -0.39 is 4.92 Å². The predicted molar refractivity (Wildman–Crippen MR) is 77.3 cm³/mol. The summed E-state index contributed by atoms with van der Waals surface area (Å²) in [5.74, 6) is 0.778. The van der Waals surface area contributed by atoms with Crippen molar-refractivity contribution in [3.8, 4) is 11.5 Å². The molecule has 0 saturated carbocycles. The first kappa shape index (κ1) is 14.3. The molecule has 0 aliphatic carbocycles. The first-order valence-electron chi connectivity index (χ1n) is 5.92. The fraction of sp³-hybridized carbons (Fsp3) is 0.143. The van der Waals surface area contributed by atoms with Crippen molar-refractivity contribution < 1.29 is 9.66 Å². The second-order valence-electron chi connectivity index (χ2n) is 4.29. The first-order valence-corrected chi connectivity index (χ1v) is 6.30. The Kier molecular flexibility index (Phi) is 4.22. The largest absolute Gasteiger partial charge is 0.455 e. The molecule has 0 amide bonds. The number of nitrogens with two attached hydrogens (primary N) is 1. The first-order chi connectivity index (χ1) is 9.51. The van der Waals surface area contributed by atoms with Crippen molar-refractivity contribution in [1.82, 2.24) is 0 Å². The minimum Gasteiger partial charge on any atom is -0.455 e. The van der Waals surface area contributed by atoms with E-state index in [1.165, 1.54) is 18.2 Å². The molecule has 0 aliphatic heterocycles. The average Bonchev–Trinajstić information content (AvgIpc) is 2.42. The van der Waals surface area contributed by atoms with E-state index >= 15 is 0 Å². The summed E-state index contributed by atoms with van der Waals surface area (Å²) in [6.45, 7) is 2.26. The van der Waals surface area contributed by atoms with E-state index in [0.29, 0.717) is 17.3 Å². The molecule has 2 N–H and O–H groups in total. The van der Waals surface area contributed by atoms with Crippen LogP contribution in [-0.2, 0) is 6.54 Å². The fourth-order valence-corrected chi connectivity index (χ4v) is 1.93. The highest BCUT2D eigenvalue weighted by molar-refractivity contribution is 6.32. The Morgan fingerprint density at radius 1 is 1.25 bits per heavy atom. The molecule has 104 valence electrons. The molecule has 2 aromatic rings. The molecule has 6 heteroatoms. The smallest absolute Gasteiger partial charge is 0.273 e. The van der Waals surface area contributed by atoms with Gasteiger partial charge in [0.05, 0.1) is 16.0 Å². The molecule has 0 spiro atoms.